The lowest BCUT2D eigenvalue weighted by Gasteiger charge is -2.49. The number of hydrogen-bond acceptors (Lipinski definition) is 6. The van der Waals surface area contributed by atoms with Crippen molar-refractivity contribution in [3.63, 3.8) is 0 Å². The molecule has 0 aliphatic carbocycles. The fourth-order valence-corrected chi connectivity index (χ4v) is 4.03. The van der Waals surface area contributed by atoms with Crippen LogP contribution in [0.3, 0.4) is 0 Å². The number of ether oxygens (including phenoxy) is 1. The van der Waals surface area contributed by atoms with Gasteiger partial charge in [0.2, 0.25) is 11.8 Å². The number of methoxy groups -OCH3 is 1. The number of piperidine rings is 2. The maximum atomic E-state index is 12.2. The molecule has 24 heavy (non-hydrogen) atoms. The van der Waals surface area contributed by atoms with E-state index in [1.807, 2.05) is 0 Å². The second kappa shape index (κ2) is 7.19. The second-order valence-electron chi connectivity index (χ2n) is 7.47. The average molecular weight is 336 g/mol. The first kappa shape index (κ1) is 17.4. The molecular weight excluding hydrogens is 308 g/mol. The van der Waals surface area contributed by atoms with E-state index in [2.05, 4.69) is 33.8 Å². The van der Waals surface area contributed by atoms with Gasteiger partial charge in [-0.25, -0.2) is 0 Å². The van der Waals surface area contributed by atoms with Gasteiger partial charge < -0.3 is 14.2 Å². The minimum absolute atomic E-state index is 0.214. The normalized spacial score (nSPS) is 25.8. The van der Waals surface area contributed by atoms with Crippen LogP contribution >= 0.6 is 0 Å². The van der Waals surface area contributed by atoms with Crippen molar-refractivity contribution in [2.45, 2.75) is 58.7 Å². The molecule has 2 aliphatic heterocycles. The minimum Gasteiger partial charge on any atom is -0.377 e. The molecule has 7 nitrogen and oxygen atoms in total. The largest absolute Gasteiger partial charge is 0.377 e. The predicted octanol–water partition coefficient (Wildman–Crippen LogP) is 1.83. The van der Waals surface area contributed by atoms with Gasteiger partial charge in [0.05, 0.1) is 6.54 Å². The summed E-state index contributed by atoms with van der Waals surface area (Å²) >= 11 is 0. The summed E-state index contributed by atoms with van der Waals surface area (Å²) in [6.45, 7) is 8.16. The number of aromatic nitrogens is 2. The van der Waals surface area contributed by atoms with Gasteiger partial charge >= 0.3 is 0 Å². The zero-order valence-electron chi connectivity index (χ0n) is 15.0. The van der Waals surface area contributed by atoms with E-state index in [0.717, 1.165) is 32.5 Å². The Balaban J connectivity index is 1.64. The van der Waals surface area contributed by atoms with E-state index in [0.29, 0.717) is 37.2 Å². The van der Waals surface area contributed by atoms with Gasteiger partial charge in [0.25, 0.3) is 0 Å². The number of nitrogens with zero attached hydrogens (tertiary/aromatic N) is 4. The molecule has 7 heteroatoms. The van der Waals surface area contributed by atoms with Crippen molar-refractivity contribution in [3.05, 3.63) is 11.7 Å². The summed E-state index contributed by atoms with van der Waals surface area (Å²) in [5, 5.41) is 3.93. The van der Waals surface area contributed by atoms with Crippen LogP contribution in [0.4, 0.5) is 0 Å². The molecule has 0 aromatic carbocycles. The molecule has 2 saturated heterocycles. The molecule has 134 valence electrons. The Morgan fingerprint density at radius 1 is 1.33 bits per heavy atom. The summed E-state index contributed by atoms with van der Waals surface area (Å²) in [6.07, 6.45) is 4.01. The number of rotatable bonds is 5. The van der Waals surface area contributed by atoms with E-state index < -0.39 is 0 Å². The molecular formula is C17H28N4O3. The first-order valence-corrected chi connectivity index (χ1v) is 8.83. The molecule has 0 N–H and O–H groups in total. The predicted molar refractivity (Wildman–Crippen MR) is 88.0 cm³/mol. The molecule has 1 amide bonds. The lowest BCUT2D eigenvalue weighted by Crippen LogP contribution is -2.55. The average Bonchev–Trinajstić information content (AvgIpc) is 2.98. The lowest BCUT2D eigenvalue weighted by molar-refractivity contribution is -0.141. The van der Waals surface area contributed by atoms with E-state index in [-0.39, 0.29) is 11.5 Å². The fourth-order valence-electron chi connectivity index (χ4n) is 4.03. The number of hydrogen-bond donors (Lipinski definition) is 0. The van der Waals surface area contributed by atoms with E-state index in [1.54, 1.807) is 7.11 Å². The molecule has 1 atom stereocenters. The smallest absolute Gasteiger partial charge is 0.240 e. The summed E-state index contributed by atoms with van der Waals surface area (Å²) < 4.78 is 10.4. The van der Waals surface area contributed by atoms with E-state index >= 15 is 0 Å². The molecule has 1 spiro atoms. The maximum Gasteiger partial charge on any atom is 0.240 e. The van der Waals surface area contributed by atoms with Gasteiger partial charge in [-0.2, -0.15) is 4.98 Å². The monoisotopic (exact) mass is 336 g/mol. The first-order chi connectivity index (χ1) is 11.5. The van der Waals surface area contributed by atoms with Crippen molar-refractivity contribution in [1.82, 2.24) is 19.9 Å². The SMILES string of the molecule is COCc1noc(CN2CCC[C@@]3(CCC(=O)N(C(C)C)C3)C2)n1. The van der Waals surface area contributed by atoms with Crippen molar-refractivity contribution in [2.24, 2.45) is 5.41 Å². The first-order valence-electron chi connectivity index (χ1n) is 8.83. The Bertz CT molecular complexity index is 574. The van der Waals surface area contributed by atoms with Crippen LogP contribution in [0.2, 0.25) is 0 Å². The fraction of sp³-hybridized carbons (Fsp3) is 0.824. The van der Waals surface area contributed by atoms with Crippen molar-refractivity contribution in [2.75, 3.05) is 26.7 Å². The Morgan fingerprint density at radius 3 is 2.92 bits per heavy atom. The quantitative estimate of drug-likeness (QED) is 0.817. The van der Waals surface area contributed by atoms with Crippen LogP contribution in [0.15, 0.2) is 4.52 Å². The number of carbonyl (C=O) groups is 1. The standard InChI is InChI=1S/C17H28N4O3/c1-13(2)21-12-17(7-5-16(21)22)6-4-8-20(11-17)9-15-18-14(10-23-3)19-24-15/h13H,4-12H2,1-3H3/t17-/m1/s1. The van der Waals surface area contributed by atoms with Crippen LogP contribution in [0.5, 0.6) is 0 Å². The Kier molecular flexibility index (Phi) is 5.20. The van der Waals surface area contributed by atoms with Gasteiger partial charge in [-0.05, 0) is 39.7 Å². The van der Waals surface area contributed by atoms with Gasteiger partial charge in [-0.1, -0.05) is 5.16 Å². The molecule has 0 radical (unpaired) electrons. The molecule has 2 fully saturated rings. The summed E-state index contributed by atoms with van der Waals surface area (Å²) in [7, 11) is 1.62. The molecule has 3 rings (SSSR count). The molecule has 1 aromatic heterocycles. The van der Waals surface area contributed by atoms with Crippen LogP contribution in [0.25, 0.3) is 0 Å². The lowest BCUT2D eigenvalue weighted by atomic mass is 9.73. The zero-order valence-corrected chi connectivity index (χ0v) is 15.0. The van der Waals surface area contributed by atoms with E-state index in [4.69, 9.17) is 9.26 Å². The van der Waals surface area contributed by atoms with Gasteiger partial charge in [-0.3, -0.25) is 9.69 Å². The zero-order chi connectivity index (χ0) is 17.2. The van der Waals surface area contributed by atoms with Gasteiger partial charge in [0, 0.05) is 38.1 Å². The van der Waals surface area contributed by atoms with Crippen LogP contribution in [-0.4, -0.2) is 58.6 Å². The number of amides is 1. The molecule has 1 aromatic rings. The molecule has 0 bridgehead atoms. The van der Waals surface area contributed by atoms with Crippen molar-refractivity contribution in [1.29, 1.82) is 0 Å². The Morgan fingerprint density at radius 2 is 2.17 bits per heavy atom. The van der Waals surface area contributed by atoms with E-state index in [9.17, 15) is 4.79 Å². The third-order valence-corrected chi connectivity index (χ3v) is 5.20. The summed E-state index contributed by atoms with van der Waals surface area (Å²) in [4.78, 5) is 21.0. The number of carbonyl (C=O) groups excluding carboxylic acids is 1. The highest BCUT2D eigenvalue weighted by atomic mass is 16.5. The summed E-state index contributed by atoms with van der Waals surface area (Å²) in [5.41, 5.74) is 0.214. The highest BCUT2D eigenvalue weighted by molar-refractivity contribution is 5.77. The Hall–Kier alpha value is -1.47. The molecule has 0 saturated carbocycles. The van der Waals surface area contributed by atoms with Crippen molar-refractivity contribution >= 4 is 5.91 Å². The van der Waals surface area contributed by atoms with Gasteiger partial charge in [-0.15, -0.1) is 0 Å². The molecule has 3 heterocycles. The maximum absolute atomic E-state index is 12.2. The highest BCUT2D eigenvalue weighted by Gasteiger charge is 2.42. The number of likely N-dealkylation sites (tertiary alicyclic amines) is 2. The van der Waals surface area contributed by atoms with Crippen LogP contribution in [0, 0.1) is 5.41 Å². The third kappa shape index (κ3) is 3.78. The molecule has 0 unspecified atom stereocenters. The summed E-state index contributed by atoms with van der Waals surface area (Å²) in [6, 6.07) is 0.276. The topological polar surface area (TPSA) is 71.7 Å². The highest BCUT2D eigenvalue weighted by Crippen LogP contribution is 2.39. The summed E-state index contributed by atoms with van der Waals surface area (Å²) in [5.74, 6) is 1.54. The van der Waals surface area contributed by atoms with Crippen molar-refractivity contribution < 1.29 is 14.1 Å². The minimum atomic E-state index is 0.214. The van der Waals surface area contributed by atoms with Gasteiger partial charge in [0.15, 0.2) is 5.82 Å². The Labute approximate surface area is 143 Å². The second-order valence-corrected chi connectivity index (χ2v) is 7.47. The van der Waals surface area contributed by atoms with Crippen LogP contribution in [-0.2, 0) is 22.7 Å². The van der Waals surface area contributed by atoms with E-state index in [1.165, 1.54) is 6.42 Å². The van der Waals surface area contributed by atoms with Crippen molar-refractivity contribution in [3.8, 4) is 0 Å². The van der Waals surface area contributed by atoms with Gasteiger partial charge in [0.1, 0.15) is 6.61 Å². The molecule has 2 aliphatic rings. The van der Waals surface area contributed by atoms with Crippen LogP contribution in [0.1, 0.15) is 51.2 Å². The van der Waals surface area contributed by atoms with Crippen LogP contribution < -0.4 is 0 Å². The third-order valence-electron chi connectivity index (χ3n) is 5.20.